The van der Waals surface area contributed by atoms with Crippen LogP contribution in [0.5, 0.6) is 0 Å². The maximum absolute atomic E-state index is 12.0. The number of halogens is 1. The van der Waals surface area contributed by atoms with Crippen molar-refractivity contribution in [1.29, 1.82) is 0 Å². The van der Waals surface area contributed by atoms with Gasteiger partial charge in [0.2, 0.25) is 10.0 Å². The highest BCUT2D eigenvalue weighted by Gasteiger charge is 2.35. The van der Waals surface area contributed by atoms with Crippen molar-refractivity contribution in [3.63, 3.8) is 0 Å². The minimum Gasteiger partial charge on any atom is -0.381 e. The van der Waals surface area contributed by atoms with Crippen LogP contribution in [0.2, 0.25) is 0 Å². The van der Waals surface area contributed by atoms with Crippen LogP contribution in [0.1, 0.15) is 12.0 Å². The molecule has 4 nitrogen and oxygen atoms in total. The number of benzene rings is 1. The molecule has 0 radical (unpaired) electrons. The number of rotatable bonds is 4. The van der Waals surface area contributed by atoms with Gasteiger partial charge in [-0.05, 0) is 37.6 Å². The Balaban J connectivity index is 2.14. The molecule has 0 bridgehead atoms. The molecule has 106 valence electrons. The summed E-state index contributed by atoms with van der Waals surface area (Å²) >= 11 is 3.39. The van der Waals surface area contributed by atoms with E-state index in [0.29, 0.717) is 19.6 Å². The van der Waals surface area contributed by atoms with Crippen molar-refractivity contribution < 1.29 is 13.2 Å². The maximum Gasteiger partial charge on any atom is 0.214 e. The Morgan fingerprint density at radius 2 is 2.05 bits per heavy atom. The summed E-state index contributed by atoms with van der Waals surface area (Å²) in [5, 5.41) is -0.366. The van der Waals surface area contributed by atoms with Crippen LogP contribution < -0.4 is 4.72 Å². The van der Waals surface area contributed by atoms with Crippen LogP contribution in [0.25, 0.3) is 0 Å². The summed E-state index contributed by atoms with van der Waals surface area (Å²) in [6.45, 7) is 1.02. The summed E-state index contributed by atoms with van der Waals surface area (Å²) in [5.74, 6) is 0.00683. The fourth-order valence-electron chi connectivity index (χ4n) is 2.45. The number of hydrogen-bond donors (Lipinski definition) is 1. The lowest BCUT2D eigenvalue weighted by molar-refractivity contribution is 0.0570. The fraction of sp³-hybridized carbons (Fsp3) is 0.538. The molecule has 1 aliphatic rings. The minimum absolute atomic E-state index is 0.00683. The zero-order chi connectivity index (χ0) is 13.9. The molecule has 6 heteroatoms. The Kier molecular flexibility index (Phi) is 5.00. The van der Waals surface area contributed by atoms with Crippen molar-refractivity contribution in [3.05, 3.63) is 34.3 Å². The number of sulfonamides is 1. The second kappa shape index (κ2) is 6.35. The maximum atomic E-state index is 12.0. The highest BCUT2D eigenvalue weighted by atomic mass is 79.9. The summed E-state index contributed by atoms with van der Waals surface area (Å²) < 4.78 is 33.0. The third kappa shape index (κ3) is 3.78. The molecule has 0 unspecified atom stereocenters. The number of nitrogens with one attached hydrogen (secondary N) is 1. The largest absolute Gasteiger partial charge is 0.381 e. The van der Waals surface area contributed by atoms with Gasteiger partial charge in [-0.25, -0.2) is 13.1 Å². The summed E-state index contributed by atoms with van der Waals surface area (Å²) in [6, 6.07) is 7.98. The first-order valence-corrected chi connectivity index (χ1v) is 8.61. The van der Waals surface area contributed by atoms with Gasteiger partial charge in [-0.2, -0.15) is 0 Å². The topological polar surface area (TPSA) is 55.4 Å². The third-order valence-corrected chi connectivity index (χ3v) is 6.01. The van der Waals surface area contributed by atoms with E-state index in [-0.39, 0.29) is 11.2 Å². The molecule has 1 aliphatic heterocycles. The summed E-state index contributed by atoms with van der Waals surface area (Å²) in [4.78, 5) is 0. The van der Waals surface area contributed by atoms with Crippen LogP contribution in [0, 0.1) is 5.92 Å². The van der Waals surface area contributed by atoms with Gasteiger partial charge in [0.05, 0.1) is 11.9 Å². The van der Waals surface area contributed by atoms with E-state index in [0.717, 1.165) is 16.5 Å². The normalized spacial score (nSPS) is 24.3. The first kappa shape index (κ1) is 15.0. The second-order valence-electron chi connectivity index (χ2n) is 4.74. The highest BCUT2D eigenvalue weighted by molar-refractivity contribution is 9.10. The van der Waals surface area contributed by atoms with Gasteiger partial charge in [0.25, 0.3) is 0 Å². The van der Waals surface area contributed by atoms with Gasteiger partial charge in [-0.3, -0.25) is 0 Å². The molecule has 0 saturated carbocycles. The van der Waals surface area contributed by atoms with Crippen LogP contribution in [-0.2, 0) is 21.2 Å². The van der Waals surface area contributed by atoms with E-state index in [1.807, 2.05) is 24.3 Å². The van der Waals surface area contributed by atoms with E-state index < -0.39 is 10.0 Å². The van der Waals surface area contributed by atoms with Crippen molar-refractivity contribution in [2.24, 2.45) is 5.92 Å². The fourth-order valence-corrected chi connectivity index (χ4v) is 4.11. The zero-order valence-corrected chi connectivity index (χ0v) is 13.2. The molecule has 0 amide bonds. The van der Waals surface area contributed by atoms with Gasteiger partial charge in [-0.15, -0.1) is 0 Å². The van der Waals surface area contributed by atoms with Gasteiger partial charge in [0.1, 0.15) is 0 Å². The SMILES string of the molecule is CNS(=O)(=O)[C@@H]1CCOC[C@@H]1Cc1ccc(Br)cc1. The monoisotopic (exact) mass is 347 g/mol. The molecule has 1 aromatic rings. The van der Waals surface area contributed by atoms with E-state index in [1.165, 1.54) is 7.05 Å². The molecule has 1 saturated heterocycles. The van der Waals surface area contributed by atoms with Crippen molar-refractivity contribution in [2.45, 2.75) is 18.1 Å². The van der Waals surface area contributed by atoms with Crippen molar-refractivity contribution in [3.8, 4) is 0 Å². The van der Waals surface area contributed by atoms with E-state index >= 15 is 0 Å². The average Bonchev–Trinajstić information content (AvgIpc) is 2.42. The average molecular weight is 348 g/mol. The Hall–Kier alpha value is -0.430. The molecule has 19 heavy (non-hydrogen) atoms. The molecule has 0 aliphatic carbocycles. The lowest BCUT2D eigenvalue weighted by Gasteiger charge is -2.31. The van der Waals surface area contributed by atoms with Gasteiger partial charge < -0.3 is 4.74 Å². The predicted octanol–water partition coefficient (Wildman–Crippen LogP) is 1.95. The molecule has 1 N–H and O–H groups in total. The van der Waals surface area contributed by atoms with E-state index in [4.69, 9.17) is 4.74 Å². The molecule has 0 spiro atoms. The molecule has 1 fully saturated rings. The zero-order valence-electron chi connectivity index (χ0n) is 10.8. The highest BCUT2D eigenvalue weighted by Crippen LogP contribution is 2.25. The summed E-state index contributed by atoms with van der Waals surface area (Å²) in [7, 11) is -1.76. The van der Waals surface area contributed by atoms with Crippen LogP contribution in [0.15, 0.2) is 28.7 Å². The van der Waals surface area contributed by atoms with Gasteiger partial charge in [0, 0.05) is 17.0 Å². The van der Waals surface area contributed by atoms with Crippen LogP contribution in [0.3, 0.4) is 0 Å². The van der Waals surface area contributed by atoms with E-state index in [9.17, 15) is 8.42 Å². The molecular weight excluding hydrogens is 330 g/mol. The molecule has 0 aromatic heterocycles. The number of hydrogen-bond acceptors (Lipinski definition) is 3. The molecular formula is C13H18BrNO3S. The van der Waals surface area contributed by atoms with Crippen molar-refractivity contribution in [1.82, 2.24) is 4.72 Å². The Morgan fingerprint density at radius 1 is 1.37 bits per heavy atom. The smallest absolute Gasteiger partial charge is 0.214 e. The van der Waals surface area contributed by atoms with E-state index in [2.05, 4.69) is 20.7 Å². The quantitative estimate of drug-likeness (QED) is 0.905. The Bertz CT molecular complexity index is 515. The number of ether oxygens (including phenoxy) is 1. The molecule has 1 aromatic carbocycles. The molecule has 2 rings (SSSR count). The lowest BCUT2D eigenvalue weighted by Crippen LogP contribution is -2.43. The summed E-state index contributed by atoms with van der Waals surface area (Å²) in [5.41, 5.74) is 1.13. The first-order chi connectivity index (χ1) is 9.03. The first-order valence-electron chi connectivity index (χ1n) is 6.27. The van der Waals surface area contributed by atoms with Crippen LogP contribution in [-0.4, -0.2) is 33.9 Å². The third-order valence-electron chi connectivity index (χ3n) is 3.50. The Morgan fingerprint density at radius 3 is 2.68 bits per heavy atom. The van der Waals surface area contributed by atoms with Crippen LogP contribution >= 0.6 is 15.9 Å². The second-order valence-corrected chi connectivity index (χ2v) is 7.76. The van der Waals surface area contributed by atoms with Gasteiger partial charge in [-0.1, -0.05) is 28.1 Å². The summed E-state index contributed by atoms with van der Waals surface area (Å²) in [6.07, 6.45) is 1.28. The van der Waals surface area contributed by atoms with Crippen LogP contribution in [0.4, 0.5) is 0 Å². The van der Waals surface area contributed by atoms with E-state index in [1.54, 1.807) is 0 Å². The van der Waals surface area contributed by atoms with Gasteiger partial charge >= 0.3 is 0 Å². The predicted molar refractivity (Wildman–Crippen MR) is 78.5 cm³/mol. The molecule has 1 heterocycles. The van der Waals surface area contributed by atoms with Gasteiger partial charge in [0.15, 0.2) is 0 Å². The lowest BCUT2D eigenvalue weighted by atomic mass is 9.94. The van der Waals surface area contributed by atoms with Crippen molar-refractivity contribution >= 4 is 26.0 Å². The minimum atomic E-state index is -3.24. The van der Waals surface area contributed by atoms with Crippen molar-refractivity contribution in [2.75, 3.05) is 20.3 Å². The molecule has 2 atom stereocenters. The Labute approximate surface area is 122 Å². The standard InChI is InChI=1S/C13H18BrNO3S/c1-15-19(16,17)13-6-7-18-9-11(13)8-10-2-4-12(14)5-3-10/h2-5,11,13,15H,6-9H2,1H3/t11-,13+/m0/s1.